The van der Waals surface area contributed by atoms with Gasteiger partial charge in [0.2, 0.25) is 0 Å². The minimum absolute atomic E-state index is 0.0281. The van der Waals surface area contributed by atoms with Crippen LogP contribution in [0, 0.1) is 0 Å². The molecule has 0 heterocycles. The second kappa shape index (κ2) is 38.2. The number of hydrogen-bond donors (Lipinski definition) is 0. The van der Waals surface area contributed by atoms with Gasteiger partial charge in [-0.3, -0.25) is 0 Å². The molecule has 0 N–H and O–H groups in total. The second-order valence-electron chi connectivity index (χ2n) is 12.1. The Kier molecular flexibility index (Phi) is 33.1. The van der Waals surface area contributed by atoms with Crippen LogP contribution in [-0.4, -0.2) is 110 Å². The van der Waals surface area contributed by atoms with E-state index in [9.17, 15) is 14.4 Å². The normalized spacial score (nSPS) is 10.0. The maximum atomic E-state index is 12.3. The van der Waals surface area contributed by atoms with Crippen molar-refractivity contribution >= 4 is 17.9 Å². The lowest BCUT2D eigenvalue weighted by molar-refractivity contribution is 0.0414. The summed E-state index contributed by atoms with van der Waals surface area (Å²) < 4.78 is 73.4. The van der Waals surface area contributed by atoms with Gasteiger partial charge in [0.15, 0.2) is 0 Å². The van der Waals surface area contributed by atoms with Crippen molar-refractivity contribution in [1.29, 1.82) is 0 Å². The smallest absolute Gasteiger partial charge is 0.338 e. The van der Waals surface area contributed by atoms with Crippen LogP contribution in [0.25, 0.3) is 0 Å². The molecule has 0 radical (unpaired) electrons. The van der Waals surface area contributed by atoms with Crippen LogP contribution in [0.4, 0.5) is 0 Å². The average molecular weight is 899 g/mol. The van der Waals surface area contributed by atoms with Gasteiger partial charge in [0.1, 0.15) is 66.1 Å². The van der Waals surface area contributed by atoms with Crippen molar-refractivity contribution in [3.8, 4) is 0 Å². The van der Waals surface area contributed by atoms with E-state index >= 15 is 0 Å². The van der Waals surface area contributed by atoms with E-state index in [2.05, 4.69) is 58.2 Å². The van der Waals surface area contributed by atoms with E-state index in [-0.39, 0.29) is 56.3 Å². The van der Waals surface area contributed by atoms with E-state index in [1.54, 1.807) is 0 Å². The first-order valence-corrected chi connectivity index (χ1v) is 20.0. The fourth-order valence-corrected chi connectivity index (χ4v) is 4.85. The van der Waals surface area contributed by atoms with Crippen LogP contribution in [0.5, 0.6) is 0 Å². The summed E-state index contributed by atoms with van der Waals surface area (Å²) in [6.45, 7) is 29.6. The lowest BCUT2D eigenvalue weighted by Crippen LogP contribution is -2.16. The summed E-state index contributed by atoms with van der Waals surface area (Å²) in [4.78, 5) is 36.9. The fourth-order valence-electron chi connectivity index (χ4n) is 4.85. The summed E-state index contributed by atoms with van der Waals surface area (Å²) in [7, 11) is 0. The van der Waals surface area contributed by atoms with Crippen molar-refractivity contribution in [1.82, 2.24) is 0 Å². The summed E-state index contributed by atoms with van der Waals surface area (Å²) in [5.41, 5.74) is 3.93. The maximum Gasteiger partial charge on any atom is 0.338 e. The van der Waals surface area contributed by atoms with Crippen LogP contribution in [0.1, 0.15) is 53.3 Å². The quantitative estimate of drug-likeness (QED) is 0.0288. The average Bonchev–Trinajstić information content (AvgIpc) is 3.30. The number of carbonyl (C=O) groups excluding carboxylic acids is 3. The van der Waals surface area contributed by atoms with E-state index < -0.39 is 17.9 Å². The molecule has 2 aromatic rings. The number of esters is 3. The predicted octanol–water partition coefficient (Wildman–Crippen LogP) is 7.03. The van der Waals surface area contributed by atoms with Crippen molar-refractivity contribution in [3.05, 3.63) is 159 Å². The Labute approximate surface area is 376 Å². The van der Waals surface area contributed by atoms with Crippen LogP contribution in [0.2, 0.25) is 0 Å². The molecular weight excluding hydrogens is 836 g/mol. The highest BCUT2D eigenvalue weighted by Gasteiger charge is 2.19. The molecule has 0 aromatic heterocycles. The SMILES string of the molecule is C=COCCOC(=O)c1cc(C(=O)OCCOC=C)cc(C(=O)OCCOC=C)c1.C=COCCOCc1cc(COCCOC=C)c(COCCOC=C)cc1COCCOC=C. The molecule has 0 saturated heterocycles. The Morgan fingerprint density at radius 1 is 0.312 bits per heavy atom. The van der Waals surface area contributed by atoms with Crippen LogP contribution >= 0.6 is 0 Å². The summed E-state index contributed by atoms with van der Waals surface area (Å²) >= 11 is 0. The minimum atomic E-state index is -0.753. The van der Waals surface area contributed by atoms with Crippen LogP contribution in [0.3, 0.4) is 0 Å². The van der Waals surface area contributed by atoms with Crippen molar-refractivity contribution in [2.75, 3.05) is 92.5 Å². The highest BCUT2D eigenvalue weighted by atomic mass is 16.6. The molecule has 0 amide bonds. The molecule has 2 rings (SSSR count). The molecule has 64 heavy (non-hydrogen) atoms. The molecule has 0 bridgehead atoms. The van der Waals surface area contributed by atoms with Crippen molar-refractivity contribution in [2.45, 2.75) is 26.4 Å². The van der Waals surface area contributed by atoms with E-state index in [1.807, 2.05) is 0 Å². The Bertz CT molecular complexity index is 1480. The van der Waals surface area contributed by atoms with Gasteiger partial charge in [0.25, 0.3) is 0 Å². The van der Waals surface area contributed by atoms with Gasteiger partial charge < -0.3 is 66.3 Å². The zero-order valence-electron chi connectivity index (χ0n) is 36.5. The number of hydrogen-bond acceptors (Lipinski definition) is 17. The highest BCUT2D eigenvalue weighted by Crippen LogP contribution is 2.22. The van der Waals surface area contributed by atoms with Gasteiger partial charge in [-0.05, 0) is 40.5 Å². The standard InChI is InChI=1S/C26H38O8.C21H24O9/c1-5-27-9-13-31-19-23-17-25(21-33-15-11-29-7-3)26(22-34-16-12-30-8-4)18-24(23)20-32-14-10-28-6-2;1-4-25-7-10-28-19(22)16-13-17(20(23)29-11-8-26-5-2)15-18(14-16)21(24)30-12-9-27-6-3/h5-8,17-18H,1-4,9-16,19-22H2;4-6,13-15H,1-3,7-12H2. The zero-order valence-corrected chi connectivity index (χ0v) is 36.5. The van der Waals surface area contributed by atoms with E-state index in [0.29, 0.717) is 79.3 Å². The summed E-state index contributed by atoms with van der Waals surface area (Å²) in [5, 5.41) is 0. The number of benzene rings is 2. The Hall–Kier alpha value is -6.53. The van der Waals surface area contributed by atoms with Gasteiger partial charge in [-0.2, -0.15) is 0 Å². The molecule has 0 unspecified atom stereocenters. The van der Waals surface area contributed by atoms with Gasteiger partial charge in [-0.15, -0.1) is 0 Å². The lowest BCUT2D eigenvalue weighted by atomic mass is 9.99. The molecule has 2 aromatic carbocycles. The summed E-state index contributed by atoms with van der Waals surface area (Å²) in [5.74, 6) is -2.26. The third-order valence-corrected chi connectivity index (χ3v) is 7.70. The van der Waals surface area contributed by atoms with E-state index in [4.69, 9.17) is 66.3 Å². The molecule has 0 fully saturated rings. The van der Waals surface area contributed by atoms with Gasteiger partial charge >= 0.3 is 17.9 Å². The molecule has 0 aliphatic carbocycles. The molecule has 0 aliphatic heterocycles. The lowest BCUT2D eigenvalue weighted by Gasteiger charge is -2.18. The minimum Gasteiger partial charge on any atom is -0.499 e. The Morgan fingerprint density at radius 3 is 0.719 bits per heavy atom. The van der Waals surface area contributed by atoms with Crippen molar-refractivity contribution in [3.63, 3.8) is 0 Å². The molecule has 352 valence electrons. The first-order chi connectivity index (χ1) is 31.3. The van der Waals surface area contributed by atoms with Crippen molar-refractivity contribution < 1.29 is 80.7 Å². The molecule has 17 nitrogen and oxygen atoms in total. The fraction of sp³-hybridized carbons (Fsp3) is 0.383. The van der Waals surface area contributed by atoms with Crippen LogP contribution < -0.4 is 0 Å². The molecular formula is C47H62O17. The second-order valence-corrected chi connectivity index (χ2v) is 12.1. The van der Waals surface area contributed by atoms with E-state index in [1.165, 1.54) is 62.0 Å². The van der Waals surface area contributed by atoms with Gasteiger partial charge in [-0.25, -0.2) is 14.4 Å². The molecule has 0 saturated carbocycles. The predicted molar refractivity (Wildman–Crippen MR) is 235 cm³/mol. The van der Waals surface area contributed by atoms with Gasteiger partial charge in [0, 0.05) is 0 Å². The third-order valence-electron chi connectivity index (χ3n) is 7.70. The van der Waals surface area contributed by atoms with Gasteiger partial charge in [-0.1, -0.05) is 58.2 Å². The first-order valence-electron chi connectivity index (χ1n) is 20.0. The number of rotatable bonds is 39. The van der Waals surface area contributed by atoms with Crippen molar-refractivity contribution in [2.24, 2.45) is 0 Å². The molecule has 0 spiro atoms. The maximum absolute atomic E-state index is 12.3. The van der Waals surface area contributed by atoms with Gasteiger partial charge in [0.05, 0.1) is 113 Å². The Morgan fingerprint density at radius 2 is 0.516 bits per heavy atom. The number of carbonyl (C=O) groups is 3. The molecule has 17 heteroatoms. The van der Waals surface area contributed by atoms with Crippen LogP contribution in [0.15, 0.2) is 120 Å². The monoisotopic (exact) mass is 898 g/mol. The molecule has 0 aliphatic rings. The molecule has 0 atom stereocenters. The van der Waals surface area contributed by atoms with Crippen LogP contribution in [-0.2, 0) is 92.7 Å². The van der Waals surface area contributed by atoms with E-state index in [0.717, 1.165) is 22.3 Å². The summed E-state index contributed by atoms with van der Waals surface area (Å²) in [6, 6.07) is 7.90. The largest absolute Gasteiger partial charge is 0.499 e. The zero-order chi connectivity index (χ0) is 46.9. The number of ether oxygens (including phenoxy) is 14. The topological polar surface area (TPSA) is 180 Å². The first kappa shape index (κ1) is 55.5. The highest BCUT2D eigenvalue weighted by molar-refractivity contribution is 6.00. The third kappa shape index (κ3) is 26.1. The Balaban J connectivity index is 0.000000645. The summed E-state index contributed by atoms with van der Waals surface area (Å²) in [6.07, 6.45) is 9.23.